The Labute approximate surface area is 177 Å². The van der Waals surface area contributed by atoms with E-state index >= 15 is 0 Å². The maximum atomic E-state index is 12.7. The highest BCUT2D eigenvalue weighted by Crippen LogP contribution is 2.29. The van der Waals surface area contributed by atoms with Gasteiger partial charge in [-0.15, -0.1) is 0 Å². The zero-order chi connectivity index (χ0) is 21.1. The molecule has 160 valence electrons. The number of benzene rings is 2. The van der Waals surface area contributed by atoms with Gasteiger partial charge in [-0.1, -0.05) is 36.4 Å². The highest BCUT2D eigenvalue weighted by atomic mass is 16.3. The number of rotatable bonds is 5. The summed E-state index contributed by atoms with van der Waals surface area (Å²) in [6.07, 6.45) is 1.14. The van der Waals surface area contributed by atoms with E-state index in [1.807, 2.05) is 60.4 Å². The van der Waals surface area contributed by atoms with Gasteiger partial charge in [0.05, 0.1) is 11.6 Å². The predicted octanol–water partition coefficient (Wildman–Crippen LogP) is 2.14. The van der Waals surface area contributed by atoms with Gasteiger partial charge in [-0.25, -0.2) is 0 Å². The average Bonchev–Trinajstić information content (AvgIpc) is 3.26. The van der Waals surface area contributed by atoms with Crippen LogP contribution in [-0.2, 0) is 0 Å². The summed E-state index contributed by atoms with van der Waals surface area (Å²) in [5.74, 6) is 0.378. The van der Waals surface area contributed by atoms with Crippen molar-refractivity contribution in [3.63, 3.8) is 0 Å². The number of nitrogens with one attached hydrogen (secondary N) is 2. The van der Waals surface area contributed by atoms with Gasteiger partial charge in [0.1, 0.15) is 0 Å². The van der Waals surface area contributed by atoms with Gasteiger partial charge in [-0.3, -0.25) is 10.1 Å². The van der Waals surface area contributed by atoms with Gasteiger partial charge in [0, 0.05) is 38.5 Å². The second-order valence-corrected chi connectivity index (χ2v) is 8.72. The van der Waals surface area contributed by atoms with Crippen molar-refractivity contribution < 1.29 is 15.0 Å². The van der Waals surface area contributed by atoms with Gasteiger partial charge >= 0.3 is 0 Å². The summed E-state index contributed by atoms with van der Waals surface area (Å²) >= 11 is 0. The lowest BCUT2D eigenvalue weighted by Crippen LogP contribution is -2.45. The predicted molar refractivity (Wildman–Crippen MR) is 117 cm³/mol. The first-order valence-electron chi connectivity index (χ1n) is 10.7. The van der Waals surface area contributed by atoms with Crippen molar-refractivity contribution in [2.45, 2.75) is 31.4 Å². The standard InChI is InChI=1S/C24H31N3O3/c1-24(15-25-16-26-24)22(29)20-6-2-18(3-7-20)19-4-8-21(9-5-19)23(30)27-12-10-17(14-28)11-13-27/h2-9,17,22,25-26,28-29H,10-16H2,1H3. The fourth-order valence-electron chi connectivity index (χ4n) is 4.37. The molecule has 30 heavy (non-hydrogen) atoms. The summed E-state index contributed by atoms with van der Waals surface area (Å²) < 4.78 is 0. The maximum absolute atomic E-state index is 12.7. The minimum Gasteiger partial charge on any atom is -0.396 e. The number of nitrogens with zero attached hydrogens (tertiary/aromatic N) is 1. The number of carbonyl (C=O) groups is 1. The first-order chi connectivity index (χ1) is 14.5. The molecule has 2 saturated heterocycles. The number of carbonyl (C=O) groups excluding carboxylic acids is 1. The fraction of sp³-hybridized carbons (Fsp3) is 0.458. The smallest absolute Gasteiger partial charge is 0.253 e. The van der Waals surface area contributed by atoms with E-state index in [9.17, 15) is 15.0 Å². The van der Waals surface area contributed by atoms with Crippen LogP contribution in [0.25, 0.3) is 11.1 Å². The van der Waals surface area contributed by atoms with E-state index in [0.717, 1.165) is 36.1 Å². The molecule has 2 heterocycles. The van der Waals surface area contributed by atoms with Crippen LogP contribution in [-0.4, -0.2) is 59.5 Å². The number of likely N-dealkylation sites (tertiary alicyclic amines) is 1. The third-order valence-corrected chi connectivity index (χ3v) is 6.56. The molecule has 0 aliphatic carbocycles. The molecule has 4 N–H and O–H groups in total. The molecule has 2 aromatic carbocycles. The molecule has 1 amide bonds. The fourth-order valence-corrected chi connectivity index (χ4v) is 4.37. The van der Waals surface area contributed by atoms with Crippen LogP contribution < -0.4 is 10.6 Å². The quantitative estimate of drug-likeness (QED) is 0.608. The third kappa shape index (κ3) is 4.27. The van der Waals surface area contributed by atoms with Crippen LogP contribution in [0.4, 0.5) is 0 Å². The summed E-state index contributed by atoms with van der Waals surface area (Å²) in [6.45, 7) is 5.07. The number of aliphatic hydroxyl groups excluding tert-OH is 2. The van der Waals surface area contributed by atoms with Crippen molar-refractivity contribution in [2.24, 2.45) is 5.92 Å². The second-order valence-electron chi connectivity index (χ2n) is 8.72. The van der Waals surface area contributed by atoms with Crippen LogP contribution in [0, 0.1) is 5.92 Å². The Hall–Kier alpha value is -2.25. The van der Waals surface area contributed by atoms with E-state index in [-0.39, 0.29) is 18.1 Å². The highest BCUT2D eigenvalue weighted by Gasteiger charge is 2.36. The number of hydrogen-bond donors (Lipinski definition) is 4. The number of aliphatic hydroxyl groups is 2. The second kappa shape index (κ2) is 8.86. The van der Waals surface area contributed by atoms with Crippen LogP contribution in [0.5, 0.6) is 0 Å². The van der Waals surface area contributed by atoms with Crippen LogP contribution in [0.15, 0.2) is 48.5 Å². The Morgan fingerprint density at radius 2 is 1.70 bits per heavy atom. The molecule has 6 heteroatoms. The molecule has 0 aromatic heterocycles. The van der Waals surface area contributed by atoms with E-state index in [1.54, 1.807) is 0 Å². The lowest BCUT2D eigenvalue weighted by Gasteiger charge is -2.31. The monoisotopic (exact) mass is 409 g/mol. The molecule has 2 atom stereocenters. The van der Waals surface area contributed by atoms with Crippen molar-refractivity contribution in [1.29, 1.82) is 0 Å². The molecule has 2 aliphatic rings. The van der Waals surface area contributed by atoms with Gasteiger partial charge in [-0.05, 0) is 54.5 Å². The molecule has 0 bridgehead atoms. The van der Waals surface area contributed by atoms with Crippen molar-refractivity contribution in [1.82, 2.24) is 15.5 Å². The van der Waals surface area contributed by atoms with Gasteiger partial charge in [0.25, 0.3) is 5.91 Å². The SMILES string of the molecule is CC1(C(O)c2ccc(-c3ccc(C(=O)N4CCC(CO)CC4)cc3)cc2)CNCN1. The highest BCUT2D eigenvalue weighted by molar-refractivity contribution is 5.94. The minimum absolute atomic E-state index is 0.0577. The van der Waals surface area contributed by atoms with Gasteiger partial charge in [0.15, 0.2) is 0 Å². The molecule has 0 radical (unpaired) electrons. The first-order valence-corrected chi connectivity index (χ1v) is 10.7. The summed E-state index contributed by atoms with van der Waals surface area (Å²) in [5.41, 5.74) is 3.31. The normalized spacial score (nSPS) is 23.5. The minimum atomic E-state index is -0.587. The van der Waals surface area contributed by atoms with Crippen molar-refractivity contribution >= 4 is 5.91 Å². The number of hydrogen-bond acceptors (Lipinski definition) is 5. The van der Waals surface area contributed by atoms with Gasteiger partial charge in [-0.2, -0.15) is 0 Å². The van der Waals surface area contributed by atoms with Crippen molar-refractivity contribution in [3.05, 3.63) is 59.7 Å². The zero-order valence-electron chi connectivity index (χ0n) is 17.5. The van der Waals surface area contributed by atoms with Crippen molar-refractivity contribution in [2.75, 3.05) is 32.9 Å². The Morgan fingerprint density at radius 1 is 1.10 bits per heavy atom. The molecule has 2 aromatic rings. The van der Waals surface area contributed by atoms with Crippen LogP contribution in [0.2, 0.25) is 0 Å². The van der Waals surface area contributed by atoms with E-state index in [4.69, 9.17) is 0 Å². The molecular formula is C24H31N3O3. The van der Waals surface area contributed by atoms with E-state index in [2.05, 4.69) is 10.6 Å². The third-order valence-electron chi connectivity index (χ3n) is 6.56. The lowest BCUT2D eigenvalue weighted by atomic mass is 9.89. The zero-order valence-corrected chi connectivity index (χ0v) is 17.5. The summed E-state index contributed by atoms with van der Waals surface area (Å²) in [6, 6.07) is 15.7. The largest absolute Gasteiger partial charge is 0.396 e. The molecule has 4 rings (SSSR count). The molecule has 0 saturated carbocycles. The lowest BCUT2D eigenvalue weighted by molar-refractivity contribution is 0.0651. The Balaban J connectivity index is 1.42. The van der Waals surface area contributed by atoms with Crippen LogP contribution >= 0.6 is 0 Å². The summed E-state index contributed by atoms with van der Waals surface area (Å²) in [5, 5.41) is 26.5. The average molecular weight is 410 g/mol. The molecule has 2 aliphatic heterocycles. The topological polar surface area (TPSA) is 84.8 Å². The van der Waals surface area contributed by atoms with Crippen molar-refractivity contribution in [3.8, 4) is 11.1 Å². The van der Waals surface area contributed by atoms with E-state index in [1.165, 1.54) is 0 Å². The molecular weight excluding hydrogens is 378 g/mol. The summed E-state index contributed by atoms with van der Waals surface area (Å²) in [7, 11) is 0. The Bertz CT molecular complexity index is 852. The summed E-state index contributed by atoms with van der Waals surface area (Å²) in [4.78, 5) is 14.6. The van der Waals surface area contributed by atoms with Gasteiger partial charge < -0.3 is 20.4 Å². The Morgan fingerprint density at radius 3 is 2.23 bits per heavy atom. The molecule has 0 spiro atoms. The first kappa shape index (κ1) is 21.0. The van der Waals surface area contributed by atoms with Gasteiger partial charge in [0.2, 0.25) is 0 Å². The molecule has 2 fully saturated rings. The van der Waals surface area contributed by atoms with Crippen LogP contribution in [0.1, 0.15) is 41.8 Å². The number of amides is 1. The van der Waals surface area contributed by atoms with Crippen LogP contribution in [0.3, 0.4) is 0 Å². The molecule has 6 nitrogen and oxygen atoms in total. The number of piperidine rings is 1. The van der Waals surface area contributed by atoms with E-state index < -0.39 is 6.10 Å². The maximum Gasteiger partial charge on any atom is 0.253 e. The van der Waals surface area contributed by atoms with E-state index in [0.29, 0.717) is 31.2 Å². The Kier molecular flexibility index (Phi) is 6.20. The molecule has 2 unspecified atom stereocenters.